The smallest absolute Gasteiger partial charge is 0.0458 e. The molecule has 3 rings (SSSR count). The predicted octanol–water partition coefficient (Wildman–Crippen LogP) is 3.47. The number of fused-ring (bicyclic) bond motifs is 1. The quantitative estimate of drug-likeness (QED) is 0.770. The first-order valence-corrected chi connectivity index (χ1v) is 6.17. The monoisotopic (exact) mass is 214 g/mol. The number of aromatic nitrogens is 1. The van der Waals surface area contributed by atoms with Crippen LogP contribution in [0.1, 0.15) is 24.8 Å². The molecule has 1 N–H and O–H groups in total. The van der Waals surface area contributed by atoms with Gasteiger partial charge < -0.3 is 9.88 Å². The Labute approximate surface area is 96.3 Å². The van der Waals surface area contributed by atoms with Gasteiger partial charge in [0.15, 0.2) is 0 Å². The summed E-state index contributed by atoms with van der Waals surface area (Å²) in [6.45, 7) is 4.60. The lowest BCUT2D eigenvalue weighted by Gasteiger charge is -2.28. The number of aryl methyl sites for hydroxylation is 1. The maximum absolute atomic E-state index is 3.30. The van der Waals surface area contributed by atoms with Crippen molar-refractivity contribution in [1.82, 2.24) is 4.98 Å². The number of H-pyrrole nitrogens is 1. The Morgan fingerprint density at radius 2 is 1.94 bits per heavy atom. The van der Waals surface area contributed by atoms with E-state index < -0.39 is 0 Å². The van der Waals surface area contributed by atoms with Crippen molar-refractivity contribution in [3.05, 3.63) is 30.0 Å². The number of hydrogen-bond donors (Lipinski definition) is 1. The Bertz CT molecular complexity index is 492. The van der Waals surface area contributed by atoms with E-state index in [1.54, 1.807) is 0 Å². The fraction of sp³-hybridized carbons (Fsp3) is 0.429. The minimum absolute atomic E-state index is 1.22. The number of benzene rings is 1. The van der Waals surface area contributed by atoms with Crippen molar-refractivity contribution in [2.45, 2.75) is 26.2 Å². The van der Waals surface area contributed by atoms with Gasteiger partial charge in [0, 0.05) is 35.9 Å². The third-order valence-corrected chi connectivity index (χ3v) is 3.59. The molecule has 0 saturated carbocycles. The van der Waals surface area contributed by atoms with Gasteiger partial charge >= 0.3 is 0 Å². The molecule has 1 aliphatic rings. The molecule has 0 radical (unpaired) electrons. The van der Waals surface area contributed by atoms with E-state index in [-0.39, 0.29) is 0 Å². The first kappa shape index (κ1) is 9.76. The van der Waals surface area contributed by atoms with Crippen LogP contribution in [-0.2, 0) is 0 Å². The highest BCUT2D eigenvalue weighted by atomic mass is 15.1. The van der Waals surface area contributed by atoms with Crippen molar-refractivity contribution in [2.24, 2.45) is 0 Å². The van der Waals surface area contributed by atoms with Crippen LogP contribution in [0.3, 0.4) is 0 Å². The van der Waals surface area contributed by atoms with E-state index in [0.29, 0.717) is 0 Å². The Kier molecular flexibility index (Phi) is 2.35. The van der Waals surface area contributed by atoms with Crippen LogP contribution < -0.4 is 4.90 Å². The second kappa shape index (κ2) is 3.85. The molecule has 0 aliphatic carbocycles. The van der Waals surface area contributed by atoms with Crippen LogP contribution in [-0.4, -0.2) is 18.1 Å². The van der Waals surface area contributed by atoms with E-state index in [0.717, 1.165) is 0 Å². The molecule has 2 heterocycles. The van der Waals surface area contributed by atoms with Crippen LogP contribution in [0.25, 0.3) is 10.9 Å². The van der Waals surface area contributed by atoms with Gasteiger partial charge in [-0.1, -0.05) is 0 Å². The average Bonchev–Trinajstić information content (AvgIpc) is 2.72. The number of anilines is 1. The SMILES string of the molecule is Cc1c[nH]c2ccc(N3CCCCC3)cc12. The Balaban J connectivity index is 1.99. The topological polar surface area (TPSA) is 19.0 Å². The first-order valence-electron chi connectivity index (χ1n) is 6.17. The Hall–Kier alpha value is -1.44. The van der Waals surface area contributed by atoms with E-state index in [1.807, 2.05) is 0 Å². The van der Waals surface area contributed by atoms with Crippen molar-refractivity contribution >= 4 is 16.6 Å². The zero-order valence-corrected chi connectivity index (χ0v) is 9.79. The van der Waals surface area contributed by atoms with E-state index in [2.05, 4.69) is 41.2 Å². The number of piperidine rings is 1. The summed E-state index contributed by atoms with van der Waals surface area (Å²) in [7, 11) is 0. The van der Waals surface area contributed by atoms with Crippen molar-refractivity contribution in [2.75, 3.05) is 18.0 Å². The summed E-state index contributed by atoms with van der Waals surface area (Å²) in [6, 6.07) is 6.77. The summed E-state index contributed by atoms with van der Waals surface area (Å²) >= 11 is 0. The summed E-state index contributed by atoms with van der Waals surface area (Å²) in [5.74, 6) is 0. The molecule has 0 amide bonds. The molecule has 2 aromatic rings. The molecule has 0 unspecified atom stereocenters. The van der Waals surface area contributed by atoms with Crippen LogP contribution in [0.15, 0.2) is 24.4 Å². The molecular weight excluding hydrogens is 196 g/mol. The zero-order chi connectivity index (χ0) is 11.0. The number of nitrogens with one attached hydrogen (secondary N) is 1. The van der Waals surface area contributed by atoms with Crippen LogP contribution >= 0.6 is 0 Å². The van der Waals surface area contributed by atoms with Gasteiger partial charge in [0.05, 0.1) is 0 Å². The van der Waals surface area contributed by atoms with Crippen LogP contribution in [0, 0.1) is 6.92 Å². The summed E-state index contributed by atoms with van der Waals surface area (Å²) in [5, 5.41) is 1.36. The highest BCUT2D eigenvalue weighted by Crippen LogP contribution is 2.26. The van der Waals surface area contributed by atoms with Crippen LogP contribution in [0.5, 0.6) is 0 Å². The lowest BCUT2D eigenvalue weighted by atomic mass is 10.1. The highest BCUT2D eigenvalue weighted by Gasteiger charge is 2.11. The Morgan fingerprint density at radius 1 is 1.12 bits per heavy atom. The molecule has 0 atom stereocenters. The van der Waals surface area contributed by atoms with Gasteiger partial charge in [-0.15, -0.1) is 0 Å². The number of rotatable bonds is 1. The van der Waals surface area contributed by atoms with E-state index in [4.69, 9.17) is 0 Å². The molecule has 1 fully saturated rings. The summed E-state index contributed by atoms with van der Waals surface area (Å²) in [4.78, 5) is 5.81. The fourth-order valence-corrected chi connectivity index (χ4v) is 2.60. The molecule has 84 valence electrons. The number of nitrogens with zero attached hydrogens (tertiary/aromatic N) is 1. The molecule has 1 aromatic carbocycles. The molecule has 0 spiro atoms. The summed E-state index contributed by atoms with van der Waals surface area (Å²) in [6.07, 6.45) is 6.15. The van der Waals surface area contributed by atoms with E-state index in [1.165, 1.54) is 54.5 Å². The first-order chi connectivity index (χ1) is 7.84. The molecule has 2 nitrogen and oxygen atoms in total. The van der Waals surface area contributed by atoms with Crippen molar-refractivity contribution in [1.29, 1.82) is 0 Å². The maximum Gasteiger partial charge on any atom is 0.0458 e. The molecule has 1 aromatic heterocycles. The highest BCUT2D eigenvalue weighted by molar-refractivity contribution is 5.86. The lowest BCUT2D eigenvalue weighted by molar-refractivity contribution is 0.578. The van der Waals surface area contributed by atoms with Gasteiger partial charge in [-0.3, -0.25) is 0 Å². The molecule has 2 heteroatoms. The standard InChI is InChI=1S/C14H18N2/c1-11-10-15-14-6-5-12(9-13(11)14)16-7-3-2-4-8-16/h5-6,9-10,15H,2-4,7-8H2,1H3. The molecule has 0 bridgehead atoms. The van der Waals surface area contributed by atoms with Crippen molar-refractivity contribution in [3.8, 4) is 0 Å². The molecule has 16 heavy (non-hydrogen) atoms. The maximum atomic E-state index is 3.30. The van der Waals surface area contributed by atoms with Gasteiger partial charge in [0.25, 0.3) is 0 Å². The lowest BCUT2D eigenvalue weighted by Crippen LogP contribution is -2.29. The predicted molar refractivity (Wildman–Crippen MR) is 69.1 cm³/mol. The summed E-state index contributed by atoms with van der Waals surface area (Å²) < 4.78 is 0. The minimum Gasteiger partial charge on any atom is -0.372 e. The summed E-state index contributed by atoms with van der Waals surface area (Å²) in [5.41, 5.74) is 3.97. The third kappa shape index (κ3) is 1.58. The van der Waals surface area contributed by atoms with E-state index in [9.17, 15) is 0 Å². The third-order valence-electron chi connectivity index (χ3n) is 3.59. The minimum atomic E-state index is 1.22. The fourth-order valence-electron chi connectivity index (χ4n) is 2.60. The van der Waals surface area contributed by atoms with Gasteiger partial charge in [0.2, 0.25) is 0 Å². The van der Waals surface area contributed by atoms with Crippen molar-refractivity contribution in [3.63, 3.8) is 0 Å². The van der Waals surface area contributed by atoms with Gasteiger partial charge in [-0.2, -0.15) is 0 Å². The second-order valence-electron chi connectivity index (χ2n) is 4.75. The number of aromatic amines is 1. The molecule has 1 saturated heterocycles. The van der Waals surface area contributed by atoms with Gasteiger partial charge in [-0.25, -0.2) is 0 Å². The van der Waals surface area contributed by atoms with Gasteiger partial charge in [0.1, 0.15) is 0 Å². The van der Waals surface area contributed by atoms with Crippen molar-refractivity contribution < 1.29 is 0 Å². The second-order valence-corrected chi connectivity index (χ2v) is 4.75. The Morgan fingerprint density at radius 3 is 2.75 bits per heavy atom. The average molecular weight is 214 g/mol. The van der Waals surface area contributed by atoms with Gasteiger partial charge in [-0.05, 0) is 49.9 Å². The van der Waals surface area contributed by atoms with Crippen LogP contribution in [0.2, 0.25) is 0 Å². The molecule has 1 aliphatic heterocycles. The largest absolute Gasteiger partial charge is 0.372 e. The molecular formula is C14H18N2. The zero-order valence-electron chi connectivity index (χ0n) is 9.79. The number of hydrogen-bond acceptors (Lipinski definition) is 1. The van der Waals surface area contributed by atoms with E-state index >= 15 is 0 Å². The normalized spacial score (nSPS) is 16.9. The van der Waals surface area contributed by atoms with Crippen LogP contribution in [0.4, 0.5) is 5.69 Å².